The largest absolute Gasteiger partial charge is 0.393 e. The third-order valence-corrected chi connectivity index (χ3v) is 4.27. The van der Waals surface area contributed by atoms with Crippen LogP contribution in [0.25, 0.3) is 11.0 Å². The molecule has 0 saturated carbocycles. The molecule has 0 radical (unpaired) electrons. The highest BCUT2D eigenvalue weighted by molar-refractivity contribution is 5.97. The van der Waals surface area contributed by atoms with Crippen molar-refractivity contribution in [3.63, 3.8) is 0 Å². The summed E-state index contributed by atoms with van der Waals surface area (Å²) in [4.78, 5) is 18.7. The number of carbonyl (C=O) groups excluding carboxylic acids is 1. The zero-order chi connectivity index (χ0) is 15.0. The van der Waals surface area contributed by atoms with Crippen LogP contribution in [0.4, 0.5) is 0 Å². The Morgan fingerprint density at radius 3 is 3.14 bits per heavy atom. The Hall–Kier alpha value is -1.95. The highest BCUT2D eigenvalue weighted by Gasteiger charge is 2.27. The van der Waals surface area contributed by atoms with Crippen LogP contribution in [0.2, 0.25) is 0 Å². The van der Waals surface area contributed by atoms with Crippen molar-refractivity contribution in [3.05, 3.63) is 23.5 Å². The van der Waals surface area contributed by atoms with E-state index < -0.39 is 0 Å². The van der Waals surface area contributed by atoms with Crippen molar-refractivity contribution < 1.29 is 9.90 Å². The van der Waals surface area contributed by atoms with Crippen molar-refractivity contribution in [2.45, 2.75) is 32.8 Å². The number of H-pyrrole nitrogens is 1. The van der Waals surface area contributed by atoms with Gasteiger partial charge in [-0.25, -0.2) is 4.98 Å². The molecule has 2 atom stereocenters. The number of carbonyl (C=O) groups is 1. The van der Waals surface area contributed by atoms with Crippen molar-refractivity contribution in [2.24, 2.45) is 5.92 Å². The first-order valence-electron chi connectivity index (χ1n) is 7.34. The van der Waals surface area contributed by atoms with E-state index in [-0.39, 0.29) is 17.9 Å². The molecule has 2 unspecified atom stereocenters. The molecule has 1 aliphatic rings. The van der Waals surface area contributed by atoms with Gasteiger partial charge in [-0.3, -0.25) is 9.89 Å². The summed E-state index contributed by atoms with van der Waals surface area (Å²) in [6, 6.07) is 1.84. The molecule has 112 valence electrons. The van der Waals surface area contributed by atoms with E-state index in [1.165, 1.54) is 0 Å². The molecule has 1 amide bonds. The zero-order valence-electron chi connectivity index (χ0n) is 12.3. The van der Waals surface area contributed by atoms with E-state index in [4.69, 9.17) is 0 Å². The first kappa shape index (κ1) is 14.0. The van der Waals surface area contributed by atoms with E-state index in [0.717, 1.165) is 30.5 Å². The van der Waals surface area contributed by atoms with Gasteiger partial charge < -0.3 is 10.0 Å². The SMILES string of the molecule is Cc1[nH]nc2ncc(C(=O)N3CCCC(C(C)O)C3)cc12. The molecular weight excluding hydrogens is 268 g/mol. The number of aromatic amines is 1. The molecule has 6 nitrogen and oxygen atoms in total. The molecule has 1 saturated heterocycles. The highest BCUT2D eigenvalue weighted by atomic mass is 16.3. The molecule has 3 rings (SSSR count). The van der Waals surface area contributed by atoms with Gasteiger partial charge in [0.05, 0.1) is 11.7 Å². The van der Waals surface area contributed by atoms with Crippen molar-refractivity contribution >= 4 is 16.9 Å². The predicted octanol–water partition coefficient (Wildman–Crippen LogP) is 1.50. The summed E-state index contributed by atoms with van der Waals surface area (Å²) < 4.78 is 0. The number of fused-ring (bicyclic) bond motifs is 1. The number of likely N-dealkylation sites (tertiary alicyclic amines) is 1. The standard InChI is InChI=1S/C15H20N4O2/c1-9-13-6-12(7-16-14(13)18-17-9)15(21)19-5-3-4-11(8-19)10(2)20/h6-7,10-11,20H,3-5,8H2,1-2H3,(H,16,17,18). The Labute approximate surface area is 123 Å². The first-order chi connectivity index (χ1) is 10.1. The molecule has 6 heteroatoms. The smallest absolute Gasteiger partial charge is 0.255 e. The second-order valence-electron chi connectivity index (χ2n) is 5.84. The number of hydrogen-bond donors (Lipinski definition) is 2. The van der Waals surface area contributed by atoms with Gasteiger partial charge in [-0.1, -0.05) is 0 Å². The van der Waals surface area contributed by atoms with Gasteiger partial charge in [0.2, 0.25) is 0 Å². The number of pyridine rings is 1. The number of rotatable bonds is 2. The van der Waals surface area contributed by atoms with E-state index in [9.17, 15) is 9.90 Å². The van der Waals surface area contributed by atoms with Crippen molar-refractivity contribution in [3.8, 4) is 0 Å². The summed E-state index contributed by atoms with van der Waals surface area (Å²) in [7, 11) is 0. The monoisotopic (exact) mass is 288 g/mol. The van der Waals surface area contributed by atoms with Gasteiger partial charge in [0.25, 0.3) is 5.91 Å². The van der Waals surface area contributed by atoms with Crippen LogP contribution >= 0.6 is 0 Å². The normalized spacial score (nSPS) is 20.7. The average Bonchev–Trinajstić information content (AvgIpc) is 2.87. The van der Waals surface area contributed by atoms with Gasteiger partial charge in [-0.2, -0.15) is 5.10 Å². The van der Waals surface area contributed by atoms with Crippen molar-refractivity contribution in [2.75, 3.05) is 13.1 Å². The van der Waals surface area contributed by atoms with Gasteiger partial charge in [0.1, 0.15) is 0 Å². The molecule has 0 spiro atoms. The summed E-state index contributed by atoms with van der Waals surface area (Å²) in [6.45, 7) is 5.06. The number of piperidine rings is 1. The Morgan fingerprint density at radius 1 is 1.57 bits per heavy atom. The topological polar surface area (TPSA) is 82.1 Å². The van der Waals surface area contributed by atoms with Crippen LogP contribution in [0.1, 0.15) is 35.8 Å². The fourth-order valence-electron chi connectivity index (χ4n) is 2.91. The van der Waals surface area contributed by atoms with Crippen LogP contribution in [0, 0.1) is 12.8 Å². The average molecular weight is 288 g/mol. The lowest BCUT2D eigenvalue weighted by Crippen LogP contribution is -2.42. The molecule has 0 aliphatic carbocycles. The minimum absolute atomic E-state index is 0.0182. The fourth-order valence-corrected chi connectivity index (χ4v) is 2.91. The molecular formula is C15H20N4O2. The number of hydrogen-bond acceptors (Lipinski definition) is 4. The van der Waals surface area contributed by atoms with Crippen LogP contribution < -0.4 is 0 Å². The van der Waals surface area contributed by atoms with Gasteiger partial charge >= 0.3 is 0 Å². The van der Waals surface area contributed by atoms with E-state index in [2.05, 4.69) is 15.2 Å². The van der Waals surface area contributed by atoms with E-state index in [1.54, 1.807) is 13.1 Å². The predicted molar refractivity (Wildman–Crippen MR) is 78.9 cm³/mol. The second kappa shape index (κ2) is 5.44. The Balaban J connectivity index is 1.84. The number of aromatic nitrogens is 3. The summed E-state index contributed by atoms with van der Waals surface area (Å²) >= 11 is 0. The van der Waals surface area contributed by atoms with Gasteiger partial charge in [0, 0.05) is 36.3 Å². The molecule has 21 heavy (non-hydrogen) atoms. The first-order valence-corrected chi connectivity index (χ1v) is 7.34. The zero-order valence-corrected chi connectivity index (χ0v) is 12.3. The third kappa shape index (κ3) is 2.63. The lowest BCUT2D eigenvalue weighted by molar-refractivity contribution is 0.0466. The Bertz CT molecular complexity index is 665. The summed E-state index contributed by atoms with van der Waals surface area (Å²) in [6.07, 6.45) is 3.11. The molecule has 1 aliphatic heterocycles. The maximum atomic E-state index is 12.6. The Morgan fingerprint density at radius 2 is 2.38 bits per heavy atom. The number of amides is 1. The fraction of sp³-hybridized carbons (Fsp3) is 0.533. The number of nitrogens with one attached hydrogen (secondary N) is 1. The van der Waals surface area contributed by atoms with E-state index >= 15 is 0 Å². The molecule has 0 bridgehead atoms. The molecule has 3 heterocycles. The minimum Gasteiger partial charge on any atom is -0.393 e. The summed E-state index contributed by atoms with van der Waals surface area (Å²) in [5, 5.41) is 17.6. The van der Waals surface area contributed by atoms with Gasteiger partial charge in [-0.05, 0) is 32.8 Å². The van der Waals surface area contributed by atoms with Crippen LogP contribution in [-0.4, -0.2) is 50.3 Å². The number of aliphatic hydroxyl groups is 1. The number of aryl methyl sites for hydroxylation is 1. The molecule has 2 aromatic rings. The number of aliphatic hydroxyl groups excluding tert-OH is 1. The molecule has 2 N–H and O–H groups in total. The van der Waals surface area contributed by atoms with E-state index in [1.807, 2.05) is 17.9 Å². The molecule has 2 aromatic heterocycles. The van der Waals surface area contributed by atoms with Crippen LogP contribution in [0.15, 0.2) is 12.3 Å². The molecule has 0 aromatic carbocycles. The second-order valence-corrected chi connectivity index (χ2v) is 5.84. The molecule has 1 fully saturated rings. The Kier molecular flexibility index (Phi) is 3.63. The summed E-state index contributed by atoms with van der Waals surface area (Å²) in [5.41, 5.74) is 2.12. The third-order valence-electron chi connectivity index (χ3n) is 4.27. The van der Waals surface area contributed by atoms with E-state index in [0.29, 0.717) is 17.8 Å². The quantitative estimate of drug-likeness (QED) is 0.877. The maximum absolute atomic E-state index is 12.6. The van der Waals surface area contributed by atoms with Crippen LogP contribution in [0.5, 0.6) is 0 Å². The van der Waals surface area contributed by atoms with Crippen LogP contribution in [0.3, 0.4) is 0 Å². The lowest BCUT2D eigenvalue weighted by Gasteiger charge is -2.34. The highest BCUT2D eigenvalue weighted by Crippen LogP contribution is 2.22. The van der Waals surface area contributed by atoms with Crippen molar-refractivity contribution in [1.82, 2.24) is 20.1 Å². The summed E-state index contributed by atoms with van der Waals surface area (Å²) in [5.74, 6) is 0.144. The maximum Gasteiger partial charge on any atom is 0.255 e. The van der Waals surface area contributed by atoms with Gasteiger partial charge in [-0.15, -0.1) is 0 Å². The number of nitrogens with zero attached hydrogens (tertiary/aromatic N) is 3. The lowest BCUT2D eigenvalue weighted by atomic mass is 9.93. The van der Waals surface area contributed by atoms with Crippen LogP contribution in [-0.2, 0) is 0 Å². The van der Waals surface area contributed by atoms with Gasteiger partial charge in [0.15, 0.2) is 5.65 Å². The minimum atomic E-state index is -0.377. The van der Waals surface area contributed by atoms with Crippen molar-refractivity contribution in [1.29, 1.82) is 0 Å².